The Morgan fingerprint density at radius 3 is 1.56 bits per heavy atom. The van der Waals surface area contributed by atoms with Crippen LogP contribution in [0.5, 0.6) is 0 Å². The van der Waals surface area contributed by atoms with Crippen molar-refractivity contribution in [2.75, 3.05) is 0 Å². The molecule has 0 bridgehead atoms. The summed E-state index contributed by atoms with van der Waals surface area (Å²) in [5.41, 5.74) is -0.0739. The van der Waals surface area contributed by atoms with Gasteiger partial charge in [-0.15, -0.1) is 0 Å². The lowest BCUT2D eigenvalue weighted by atomic mass is 9.96. The van der Waals surface area contributed by atoms with Crippen molar-refractivity contribution in [2.45, 2.75) is 89.7 Å². The summed E-state index contributed by atoms with van der Waals surface area (Å²) in [7, 11) is -3.76. The van der Waals surface area contributed by atoms with Crippen molar-refractivity contribution in [3.05, 3.63) is 12.2 Å². The lowest BCUT2D eigenvalue weighted by molar-refractivity contribution is -0.366. The van der Waals surface area contributed by atoms with Gasteiger partial charge in [0.25, 0.3) is 0 Å². The molecule has 162 valence electrons. The fourth-order valence-electron chi connectivity index (χ4n) is 2.19. The molecule has 7 nitrogen and oxygen atoms in total. The second-order valence-electron chi connectivity index (χ2n) is 8.89. The molecule has 0 aliphatic heterocycles. The van der Waals surface area contributed by atoms with Gasteiger partial charge in [0, 0.05) is 21.4 Å². The van der Waals surface area contributed by atoms with Gasteiger partial charge in [-0.05, 0) is 53.1 Å². The summed E-state index contributed by atoms with van der Waals surface area (Å²) >= 11 is 0. The number of hydrogen-bond acceptors (Lipinski definition) is 6. The summed E-state index contributed by atoms with van der Waals surface area (Å²) < 4.78 is 11.8. The molecular formula is C17H40O7Si3. The molecule has 0 aliphatic rings. The third-order valence-corrected chi connectivity index (χ3v) is 7.09. The van der Waals surface area contributed by atoms with E-state index in [1.807, 2.05) is 46.2 Å². The monoisotopic (exact) mass is 440 g/mol. The zero-order valence-corrected chi connectivity index (χ0v) is 22.6. The van der Waals surface area contributed by atoms with Gasteiger partial charge >= 0.3 is 5.97 Å². The molecule has 0 aromatic rings. The summed E-state index contributed by atoms with van der Waals surface area (Å²) in [5, 5.41) is 40.3. The molecule has 4 N–H and O–H groups in total. The smallest absolute Gasteiger partial charge is 0.330 e. The lowest BCUT2D eigenvalue weighted by Crippen LogP contribution is -2.69. The zero-order valence-electron chi connectivity index (χ0n) is 18.6. The molecule has 4 unspecified atom stereocenters. The third-order valence-electron chi connectivity index (χ3n) is 3.65. The molecule has 0 heterocycles. The Hall–Kier alpha value is -0.339. The average molecular weight is 441 g/mol. The number of aliphatic hydroxyl groups is 3. The van der Waals surface area contributed by atoms with Crippen LogP contribution >= 0.6 is 0 Å². The minimum atomic E-state index is -2.22. The summed E-state index contributed by atoms with van der Waals surface area (Å²) in [4.78, 5) is 9.60. The predicted molar refractivity (Wildman–Crippen MR) is 117 cm³/mol. The highest BCUT2D eigenvalue weighted by Gasteiger charge is 2.60. The van der Waals surface area contributed by atoms with Gasteiger partial charge in [-0.25, -0.2) is 4.79 Å². The molecule has 0 rings (SSSR count). The predicted octanol–water partition coefficient (Wildman–Crippen LogP) is 1.66. The topological polar surface area (TPSA) is 116 Å². The van der Waals surface area contributed by atoms with Crippen LogP contribution in [-0.4, -0.2) is 71.0 Å². The van der Waals surface area contributed by atoms with E-state index in [9.17, 15) is 20.1 Å². The van der Waals surface area contributed by atoms with Gasteiger partial charge < -0.3 is 29.3 Å². The van der Waals surface area contributed by atoms with Gasteiger partial charge in [0.2, 0.25) is 11.6 Å². The van der Waals surface area contributed by atoms with E-state index in [1.165, 1.54) is 13.8 Å². The van der Waals surface area contributed by atoms with Crippen LogP contribution in [0.25, 0.3) is 0 Å². The summed E-state index contributed by atoms with van der Waals surface area (Å²) in [5.74, 6) is -4.93. The van der Waals surface area contributed by atoms with Crippen molar-refractivity contribution < 1.29 is 34.1 Å². The van der Waals surface area contributed by atoms with Crippen LogP contribution < -0.4 is 0 Å². The maximum atomic E-state index is 11.2. The standard InChI is InChI=1S/C13H34O5Si3.C4H6O2/c1-9-11(19)13(16,18-21(6,7)8)12(15,10(2)14)17-20(3,4)5;1-3(2)4(5)6/h10-11,14-16H,9H2,1-8,19H3;1H2,2H3,(H,5,6). The average Bonchev–Trinajstić information content (AvgIpc) is 2.42. The molecule has 0 radical (unpaired) electrons. The van der Waals surface area contributed by atoms with Crippen LogP contribution in [0.1, 0.15) is 27.2 Å². The number of carboxylic acid groups (broad SMARTS) is 1. The first-order valence-electron chi connectivity index (χ1n) is 9.15. The third kappa shape index (κ3) is 9.61. The Kier molecular flexibility index (Phi) is 11.2. The molecule has 0 spiro atoms. The molecule has 0 fully saturated rings. The van der Waals surface area contributed by atoms with Crippen LogP contribution in [-0.2, 0) is 13.6 Å². The van der Waals surface area contributed by atoms with E-state index in [4.69, 9.17) is 14.0 Å². The quantitative estimate of drug-likeness (QED) is 0.245. The number of aliphatic hydroxyl groups excluding tert-OH is 1. The maximum Gasteiger partial charge on any atom is 0.330 e. The zero-order chi connectivity index (χ0) is 22.4. The van der Waals surface area contributed by atoms with Crippen LogP contribution in [0.4, 0.5) is 0 Å². The number of carboxylic acids is 1. The van der Waals surface area contributed by atoms with Gasteiger partial charge in [-0.3, -0.25) is 0 Å². The van der Waals surface area contributed by atoms with Gasteiger partial charge in [0.05, 0.1) is 0 Å². The molecule has 0 aromatic heterocycles. The van der Waals surface area contributed by atoms with Crippen molar-refractivity contribution in [3.8, 4) is 0 Å². The minimum absolute atomic E-state index is 0.176. The second kappa shape index (κ2) is 10.4. The maximum absolute atomic E-state index is 11.2. The van der Waals surface area contributed by atoms with Crippen LogP contribution in [0.2, 0.25) is 44.8 Å². The van der Waals surface area contributed by atoms with Crippen molar-refractivity contribution >= 4 is 32.8 Å². The van der Waals surface area contributed by atoms with Crippen molar-refractivity contribution in [3.63, 3.8) is 0 Å². The van der Waals surface area contributed by atoms with E-state index in [0.29, 0.717) is 16.7 Å². The molecule has 27 heavy (non-hydrogen) atoms. The van der Waals surface area contributed by atoms with Crippen LogP contribution in [0.15, 0.2) is 12.2 Å². The number of rotatable bonds is 9. The highest BCUT2D eigenvalue weighted by Crippen LogP contribution is 2.42. The van der Waals surface area contributed by atoms with E-state index in [0.717, 1.165) is 0 Å². The van der Waals surface area contributed by atoms with Gasteiger partial charge in [0.1, 0.15) is 6.10 Å². The summed E-state index contributed by atoms with van der Waals surface area (Å²) in [6.45, 7) is 19.5. The minimum Gasteiger partial charge on any atom is -0.478 e. The fourth-order valence-corrected chi connectivity index (χ4v) is 5.49. The summed E-state index contributed by atoms with van der Waals surface area (Å²) in [6.07, 6.45) is -0.606. The first-order valence-corrected chi connectivity index (χ1v) is 17.1. The second-order valence-corrected chi connectivity index (χ2v) is 19.1. The molecular weight excluding hydrogens is 400 g/mol. The molecule has 0 saturated heterocycles. The van der Waals surface area contributed by atoms with Crippen molar-refractivity contribution in [1.82, 2.24) is 0 Å². The Bertz CT molecular complexity index is 488. The van der Waals surface area contributed by atoms with E-state index in [-0.39, 0.29) is 11.1 Å². The highest BCUT2D eigenvalue weighted by atomic mass is 28.4. The van der Waals surface area contributed by atoms with Crippen molar-refractivity contribution in [2.24, 2.45) is 0 Å². The Morgan fingerprint density at radius 1 is 1.07 bits per heavy atom. The fraction of sp³-hybridized carbons (Fsp3) is 0.824. The first kappa shape index (κ1) is 28.9. The summed E-state index contributed by atoms with van der Waals surface area (Å²) in [6, 6.07) is 0. The first-order chi connectivity index (χ1) is 11.7. The molecule has 0 aromatic carbocycles. The number of hydrogen-bond donors (Lipinski definition) is 4. The van der Waals surface area contributed by atoms with E-state index < -0.39 is 40.3 Å². The van der Waals surface area contributed by atoms with Crippen molar-refractivity contribution in [1.29, 1.82) is 0 Å². The number of aliphatic carboxylic acids is 1. The van der Waals surface area contributed by atoms with E-state index >= 15 is 0 Å². The van der Waals surface area contributed by atoms with E-state index in [2.05, 4.69) is 6.58 Å². The van der Waals surface area contributed by atoms with Gasteiger partial charge in [-0.1, -0.05) is 19.9 Å². The molecule has 0 saturated carbocycles. The molecule has 0 amide bonds. The molecule has 10 heteroatoms. The normalized spacial score (nSPS) is 19.1. The lowest BCUT2D eigenvalue weighted by Gasteiger charge is -2.51. The number of carbonyl (C=O) groups is 1. The SMILES string of the molecule is C=C(C)C(=O)O.CCC([SiH3])C(O)(O[Si](C)(C)C)C(O)(O[Si](C)(C)C)C(C)O. The Morgan fingerprint density at radius 2 is 1.37 bits per heavy atom. The Labute approximate surface area is 169 Å². The van der Waals surface area contributed by atoms with Gasteiger partial charge in [-0.2, -0.15) is 0 Å². The van der Waals surface area contributed by atoms with Crippen LogP contribution in [0.3, 0.4) is 0 Å². The Balaban J connectivity index is 0. The van der Waals surface area contributed by atoms with Gasteiger partial charge in [0.15, 0.2) is 16.6 Å². The van der Waals surface area contributed by atoms with Crippen LogP contribution in [0, 0.1) is 0 Å². The highest BCUT2D eigenvalue weighted by molar-refractivity contribution is 6.70. The largest absolute Gasteiger partial charge is 0.478 e. The van der Waals surface area contributed by atoms with E-state index in [1.54, 1.807) is 0 Å². The molecule has 0 aliphatic carbocycles. The molecule has 4 atom stereocenters.